The van der Waals surface area contributed by atoms with Gasteiger partial charge in [0, 0.05) is 15.4 Å². The Bertz CT molecular complexity index is 1120. The predicted octanol–water partition coefficient (Wildman–Crippen LogP) is 5.70. The van der Waals surface area contributed by atoms with Crippen LogP contribution < -0.4 is 14.9 Å². The second kappa shape index (κ2) is 10.1. The first kappa shape index (κ1) is 22.4. The molecule has 1 heterocycles. The molecule has 0 aliphatic heterocycles. The van der Waals surface area contributed by atoms with E-state index < -0.39 is 5.91 Å². The molecule has 0 bridgehead atoms. The number of methoxy groups -OCH3 is 1. The number of hydrogen-bond donors (Lipinski definition) is 1. The van der Waals surface area contributed by atoms with Crippen molar-refractivity contribution in [2.45, 2.75) is 13.3 Å². The minimum absolute atomic E-state index is 0.190. The van der Waals surface area contributed by atoms with Crippen molar-refractivity contribution < 1.29 is 18.7 Å². The van der Waals surface area contributed by atoms with Gasteiger partial charge in [-0.25, -0.2) is 5.43 Å². The van der Waals surface area contributed by atoms with Crippen LogP contribution in [0.1, 0.15) is 28.6 Å². The van der Waals surface area contributed by atoms with Crippen LogP contribution in [0.25, 0.3) is 11.0 Å². The Labute approximate surface area is 196 Å². The van der Waals surface area contributed by atoms with Crippen LogP contribution in [-0.4, -0.2) is 25.8 Å². The maximum atomic E-state index is 12.4. The number of hydrazone groups is 1. The number of ether oxygens (including phenoxy) is 2. The van der Waals surface area contributed by atoms with E-state index in [0.29, 0.717) is 30.1 Å². The molecule has 1 aromatic heterocycles. The van der Waals surface area contributed by atoms with Gasteiger partial charge in [0.05, 0.1) is 23.5 Å². The molecule has 0 aliphatic rings. The summed E-state index contributed by atoms with van der Waals surface area (Å²) >= 11 is 5.61. The fourth-order valence-corrected chi connectivity index (χ4v) is 4.63. The first-order valence-corrected chi connectivity index (χ1v) is 11.0. The molecule has 6 nitrogen and oxygen atoms in total. The summed E-state index contributed by atoms with van der Waals surface area (Å²) in [7, 11) is 1.60. The zero-order valence-electron chi connectivity index (χ0n) is 16.5. The van der Waals surface area contributed by atoms with E-state index in [0.717, 1.165) is 24.6 Å². The zero-order valence-corrected chi connectivity index (χ0v) is 20.2. The Balaban J connectivity index is 1.81. The molecular formula is C22H20BrIN2O4. The van der Waals surface area contributed by atoms with Crippen molar-refractivity contribution in [3.05, 3.63) is 67.9 Å². The van der Waals surface area contributed by atoms with Gasteiger partial charge in [-0.15, -0.1) is 6.58 Å². The van der Waals surface area contributed by atoms with E-state index in [1.54, 1.807) is 25.5 Å². The quantitative estimate of drug-likeness (QED) is 0.160. The molecule has 2 aromatic carbocycles. The average Bonchev–Trinajstić information content (AvgIpc) is 3.13. The van der Waals surface area contributed by atoms with Gasteiger partial charge in [-0.1, -0.05) is 22.0 Å². The van der Waals surface area contributed by atoms with E-state index in [4.69, 9.17) is 13.9 Å². The Kier molecular flexibility index (Phi) is 7.54. The molecule has 0 saturated heterocycles. The molecule has 0 spiro atoms. The van der Waals surface area contributed by atoms with Gasteiger partial charge in [-0.3, -0.25) is 4.79 Å². The third kappa shape index (κ3) is 5.04. The highest BCUT2D eigenvalue weighted by atomic mass is 127. The monoisotopic (exact) mass is 582 g/mol. The second-order valence-corrected chi connectivity index (χ2v) is 8.33. The van der Waals surface area contributed by atoms with Crippen molar-refractivity contribution in [2.24, 2.45) is 5.10 Å². The van der Waals surface area contributed by atoms with Gasteiger partial charge < -0.3 is 13.9 Å². The lowest BCUT2D eigenvalue weighted by molar-refractivity contribution is 0.0929. The van der Waals surface area contributed by atoms with Crippen molar-refractivity contribution in [1.82, 2.24) is 5.43 Å². The van der Waals surface area contributed by atoms with Crippen molar-refractivity contribution >= 4 is 61.6 Å². The summed E-state index contributed by atoms with van der Waals surface area (Å²) in [5, 5.41) is 4.91. The number of amides is 1. The average molecular weight is 583 g/mol. The summed E-state index contributed by atoms with van der Waals surface area (Å²) in [4.78, 5) is 12.4. The van der Waals surface area contributed by atoms with Gasteiger partial charge in [0.25, 0.3) is 0 Å². The number of allylic oxidation sites excluding steroid dienone is 1. The van der Waals surface area contributed by atoms with Gasteiger partial charge in [-0.2, -0.15) is 5.10 Å². The van der Waals surface area contributed by atoms with Gasteiger partial charge in [-0.05, 0) is 71.8 Å². The first-order valence-electron chi connectivity index (χ1n) is 9.13. The van der Waals surface area contributed by atoms with Crippen molar-refractivity contribution in [3.63, 3.8) is 0 Å². The van der Waals surface area contributed by atoms with Gasteiger partial charge in [0.2, 0.25) is 0 Å². The molecule has 30 heavy (non-hydrogen) atoms. The Morgan fingerprint density at radius 1 is 1.33 bits per heavy atom. The van der Waals surface area contributed by atoms with E-state index in [-0.39, 0.29) is 5.76 Å². The lowest BCUT2D eigenvalue weighted by Gasteiger charge is -2.14. The van der Waals surface area contributed by atoms with Gasteiger partial charge >= 0.3 is 5.91 Å². The molecule has 0 unspecified atom stereocenters. The number of furan rings is 1. The van der Waals surface area contributed by atoms with Crippen LogP contribution in [0, 0.1) is 3.57 Å². The third-order valence-corrected chi connectivity index (χ3v) is 5.42. The number of hydrogen-bond acceptors (Lipinski definition) is 5. The molecule has 1 amide bonds. The lowest BCUT2D eigenvalue weighted by Crippen LogP contribution is -2.16. The van der Waals surface area contributed by atoms with Crippen molar-refractivity contribution in [2.75, 3.05) is 13.7 Å². The first-order chi connectivity index (χ1) is 14.5. The minimum atomic E-state index is -0.431. The largest absolute Gasteiger partial charge is 0.493 e. The number of fused-ring (bicyclic) bond motifs is 1. The molecule has 3 rings (SSSR count). The summed E-state index contributed by atoms with van der Waals surface area (Å²) in [5.41, 5.74) is 4.85. The highest BCUT2D eigenvalue weighted by Gasteiger charge is 2.15. The highest BCUT2D eigenvalue weighted by molar-refractivity contribution is 14.1. The number of carbonyl (C=O) groups is 1. The van der Waals surface area contributed by atoms with Crippen molar-refractivity contribution in [3.8, 4) is 11.5 Å². The molecule has 156 valence electrons. The Morgan fingerprint density at radius 3 is 2.83 bits per heavy atom. The normalized spacial score (nSPS) is 11.1. The minimum Gasteiger partial charge on any atom is -0.493 e. The predicted molar refractivity (Wildman–Crippen MR) is 130 cm³/mol. The van der Waals surface area contributed by atoms with E-state index in [9.17, 15) is 4.79 Å². The lowest BCUT2D eigenvalue weighted by atomic mass is 10.1. The molecule has 0 atom stereocenters. The molecule has 0 saturated carbocycles. The van der Waals surface area contributed by atoms with Crippen LogP contribution in [0.2, 0.25) is 0 Å². The zero-order chi connectivity index (χ0) is 21.7. The van der Waals surface area contributed by atoms with Crippen LogP contribution in [0.3, 0.4) is 0 Å². The van der Waals surface area contributed by atoms with Crippen LogP contribution in [0.15, 0.2) is 57.0 Å². The molecule has 8 heteroatoms. The van der Waals surface area contributed by atoms with Gasteiger partial charge in [0.15, 0.2) is 17.3 Å². The van der Waals surface area contributed by atoms with Gasteiger partial charge in [0.1, 0.15) is 5.58 Å². The molecule has 0 fully saturated rings. The number of rotatable bonds is 8. The summed E-state index contributed by atoms with van der Waals surface area (Å²) in [5.74, 6) is 1.04. The van der Waals surface area contributed by atoms with Crippen LogP contribution in [0.4, 0.5) is 0 Å². The smallest absolute Gasteiger partial charge is 0.307 e. The van der Waals surface area contributed by atoms with Crippen LogP contribution in [-0.2, 0) is 6.42 Å². The maximum absolute atomic E-state index is 12.4. The Morgan fingerprint density at radius 2 is 2.13 bits per heavy atom. The summed E-state index contributed by atoms with van der Waals surface area (Å²) < 4.78 is 18.7. The third-order valence-electron chi connectivity index (χ3n) is 4.16. The number of nitrogens with one attached hydrogen (secondary N) is 1. The second-order valence-electron chi connectivity index (χ2n) is 6.25. The maximum Gasteiger partial charge on any atom is 0.307 e. The number of nitrogens with zero attached hydrogens (tertiary/aromatic N) is 1. The number of carbonyl (C=O) groups excluding carboxylic acids is 1. The van der Waals surface area contributed by atoms with Crippen LogP contribution in [0.5, 0.6) is 11.5 Å². The summed E-state index contributed by atoms with van der Waals surface area (Å²) in [6.07, 6.45) is 3.96. The molecular weight excluding hydrogens is 563 g/mol. The topological polar surface area (TPSA) is 73.1 Å². The summed E-state index contributed by atoms with van der Waals surface area (Å²) in [6.45, 7) is 6.19. The van der Waals surface area contributed by atoms with Crippen molar-refractivity contribution in [1.29, 1.82) is 0 Å². The van der Waals surface area contributed by atoms with E-state index in [1.807, 2.05) is 31.2 Å². The molecule has 1 N–H and O–H groups in total. The van der Waals surface area contributed by atoms with E-state index >= 15 is 0 Å². The van der Waals surface area contributed by atoms with E-state index in [1.165, 1.54) is 0 Å². The Hall–Kier alpha value is -2.33. The molecule has 3 aromatic rings. The van der Waals surface area contributed by atoms with E-state index in [2.05, 4.69) is 55.6 Å². The summed E-state index contributed by atoms with van der Waals surface area (Å²) in [6, 6.07) is 9.24. The number of benzene rings is 2. The highest BCUT2D eigenvalue weighted by Crippen LogP contribution is 2.33. The number of halogens is 2. The van der Waals surface area contributed by atoms with Crippen LogP contribution >= 0.6 is 38.5 Å². The molecule has 0 radical (unpaired) electrons. The standard InChI is InChI=1S/C22H20BrIN2O4/c1-4-6-14-7-13(8-18(29-5-2)21(14)28-3)12-25-26-22(27)19-10-15-9-16(23)11-17(24)20(15)30-19/h4,7-12H,1,5-6H2,2-3H3,(H,26,27)/b25-12-. The fraction of sp³-hybridized carbons (Fsp3) is 0.182. The molecule has 0 aliphatic carbocycles. The fourth-order valence-electron chi connectivity index (χ4n) is 2.97. The SMILES string of the molecule is C=CCc1cc(/C=N\NC(=O)c2cc3cc(Br)cc(I)c3o2)cc(OCC)c1OC.